The summed E-state index contributed by atoms with van der Waals surface area (Å²) in [5, 5.41) is 3.01. The zero-order chi connectivity index (χ0) is 23.7. The summed E-state index contributed by atoms with van der Waals surface area (Å²) in [6.07, 6.45) is 3.50. The highest BCUT2D eigenvalue weighted by Gasteiger charge is 2.52. The number of piperazine rings is 1. The Morgan fingerprint density at radius 2 is 1.85 bits per heavy atom. The Morgan fingerprint density at radius 1 is 1.09 bits per heavy atom. The molecule has 34 heavy (non-hydrogen) atoms. The van der Waals surface area contributed by atoms with Crippen LogP contribution in [0.15, 0.2) is 42.6 Å². The molecular weight excluding hydrogens is 434 g/mol. The number of fused-ring (bicyclic) bond motifs is 1. The van der Waals surface area contributed by atoms with E-state index in [1.165, 1.54) is 16.7 Å². The van der Waals surface area contributed by atoms with Gasteiger partial charge in [-0.25, -0.2) is 19.5 Å². The van der Waals surface area contributed by atoms with E-state index in [1.54, 1.807) is 13.0 Å². The molecule has 2 aromatic rings. The van der Waals surface area contributed by atoms with Crippen molar-refractivity contribution in [3.8, 4) is 0 Å². The monoisotopic (exact) mass is 463 g/mol. The Kier molecular flexibility index (Phi) is 5.95. The second-order valence-corrected chi connectivity index (χ2v) is 9.06. The van der Waals surface area contributed by atoms with E-state index >= 15 is 0 Å². The van der Waals surface area contributed by atoms with Gasteiger partial charge in [0.15, 0.2) is 0 Å². The number of rotatable bonds is 5. The zero-order valence-electron chi connectivity index (χ0n) is 19.3. The van der Waals surface area contributed by atoms with Crippen molar-refractivity contribution in [2.75, 3.05) is 44.4 Å². The van der Waals surface area contributed by atoms with Gasteiger partial charge in [0.25, 0.3) is 5.91 Å². The average molecular weight is 464 g/mol. The Balaban J connectivity index is 1.18. The van der Waals surface area contributed by atoms with Crippen LogP contribution in [0.2, 0.25) is 0 Å². The third-order valence-electron chi connectivity index (χ3n) is 6.97. The number of aromatic nitrogens is 1. The number of nitrogens with one attached hydrogen (secondary N) is 1. The summed E-state index contributed by atoms with van der Waals surface area (Å²) < 4.78 is 5.00. The van der Waals surface area contributed by atoms with Gasteiger partial charge in [0.2, 0.25) is 0 Å². The molecule has 1 atom stereocenters. The van der Waals surface area contributed by atoms with Gasteiger partial charge in [0.05, 0.1) is 18.8 Å². The van der Waals surface area contributed by atoms with E-state index in [-0.39, 0.29) is 24.6 Å². The summed E-state index contributed by atoms with van der Waals surface area (Å²) in [5.74, 6) is 0.298. The molecule has 3 aliphatic rings. The topological polar surface area (TPSA) is 95.1 Å². The first-order valence-electron chi connectivity index (χ1n) is 11.8. The van der Waals surface area contributed by atoms with E-state index in [4.69, 9.17) is 4.74 Å². The molecule has 3 amide bonds. The predicted octanol–water partition coefficient (Wildman–Crippen LogP) is 1.82. The number of pyridine rings is 1. The molecule has 1 aromatic heterocycles. The summed E-state index contributed by atoms with van der Waals surface area (Å²) in [6, 6.07) is 11.4. The quantitative estimate of drug-likeness (QED) is 0.534. The molecule has 5 rings (SSSR count). The molecule has 9 nitrogen and oxygen atoms in total. The molecule has 0 radical (unpaired) electrons. The fourth-order valence-corrected chi connectivity index (χ4v) is 5.06. The van der Waals surface area contributed by atoms with E-state index in [9.17, 15) is 14.4 Å². The van der Waals surface area contributed by atoms with Crippen LogP contribution < -0.4 is 10.2 Å². The van der Waals surface area contributed by atoms with Crippen molar-refractivity contribution in [2.24, 2.45) is 0 Å². The van der Waals surface area contributed by atoms with Crippen molar-refractivity contribution in [2.45, 2.75) is 31.7 Å². The van der Waals surface area contributed by atoms with Crippen molar-refractivity contribution < 1.29 is 19.1 Å². The molecule has 9 heteroatoms. The van der Waals surface area contributed by atoms with Gasteiger partial charge in [-0.3, -0.25) is 9.69 Å². The van der Waals surface area contributed by atoms with Gasteiger partial charge in [0.1, 0.15) is 11.4 Å². The van der Waals surface area contributed by atoms with Gasteiger partial charge in [-0.15, -0.1) is 0 Å². The highest BCUT2D eigenvalue weighted by Crippen LogP contribution is 2.33. The van der Waals surface area contributed by atoms with Crippen molar-refractivity contribution in [1.82, 2.24) is 20.1 Å². The van der Waals surface area contributed by atoms with Crippen LogP contribution >= 0.6 is 0 Å². The maximum Gasteiger partial charge on any atom is 0.339 e. The Bertz CT molecular complexity index is 1100. The first-order valence-corrected chi connectivity index (χ1v) is 11.8. The lowest BCUT2D eigenvalue weighted by atomic mass is 9.78. The van der Waals surface area contributed by atoms with Crippen LogP contribution in [0, 0.1) is 0 Å². The van der Waals surface area contributed by atoms with Gasteiger partial charge in [-0.05, 0) is 43.0 Å². The highest BCUT2D eigenvalue weighted by molar-refractivity contribution is 6.07. The van der Waals surface area contributed by atoms with Crippen molar-refractivity contribution in [3.63, 3.8) is 0 Å². The van der Waals surface area contributed by atoms with Crippen molar-refractivity contribution in [1.29, 1.82) is 0 Å². The predicted molar refractivity (Wildman–Crippen MR) is 125 cm³/mol. The number of hydrogen-bond donors (Lipinski definition) is 1. The summed E-state index contributed by atoms with van der Waals surface area (Å²) in [4.78, 5) is 48.0. The Hall–Kier alpha value is -3.46. The van der Waals surface area contributed by atoms with Gasteiger partial charge in [0, 0.05) is 38.8 Å². The SMILES string of the molecule is CCOC(=O)c1ccc(N2CCN(CN3C(=O)NC4(CCc5ccccc5C4)C3=O)CC2)nc1. The minimum absolute atomic E-state index is 0.120. The molecule has 178 valence electrons. The lowest BCUT2D eigenvalue weighted by Gasteiger charge is -2.37. The van der Waals surface area contributed by atoms with Crippen LogP contribution in [0.4, 0.5) is 10.6 Å². The maximum atomic E-state index is 13.4. The van der Waals surface area contributed by atoms with Gasteiger partial charge >= 0.3 is 12.0 Å². The van der Waals surface area contributed by atoms with E-state index < -0.39 is 5.54 Å². The van der Waals surface area contributed by atoms with Crippen LogP contribution in [0.25, 0.3) is 0 Å². The van der Waals surface area contributed by atoms with Gasteiger partial charge in [-0.2, -0.15) is 0 Å². The number of nitrogens with zero attached hydrogens (tertiary/aromatic N) is 4. The lowest BCUT2D eigenvalue weighted by molar-refractivity contribution is -0.133. The number of ether oxygens (including phenoxy) is 1. The van der Waals surface area contributed by atoms with Gasteiger partial charge in [-0.1, -0.05) is 24.3 Å². The fourth-order valence-electron chi connectivity index (χ4n) is 5.06. The molecule has 2 aliphatic heterocycles. The highest BCUT2D eigenvalue weighted by atomic mass is 16.5. The molecular formula is C25H29N5O4. The normalized spacial score (nSPS) is 22.6. The number of carbonyl (C=O) groups excluding carboxylic acids is 3. The zero-order valence-corrected chi connectivity index (χ0v) is 19.3. The van der Waals surface area contributed by atoms with Crippen LogP contribution in [0.1, 0.15) is 34.8 Å². The maximum absolute atomic E-state index is 13.4. The molecule has 2 fully saturated rings. The minimum atomic E-state index is -0.822. The standard InChI is InChI=1S/C25H29N5O4/c1-2-34-22(31)20-7-8-21(26-16-20)29-13-11-28(12-14-29)17-30-23(32)25(27-24(30)33)10-9-18-5-3-4-6-19(18)15-25/h3-8,16H,2,9-15,17H2,1H3,(H,27,33). The molecule has 1 spiro atoms. The molecule has 1 aromatic carbocycles. The van der Waals surface area contributed by atoms with E-state index in [0.717, 1.165) is 17.8 Å². The second kappa shape index (κ2) is 9.06. The van der Waals surface area contributed by atoms with Gasteiger partial charge < -0.3 is 15.0 Å². The van der Waals surface area contributed by atoms with E-state index in [2.05, 4.69) is 26.2 Å². The van der Waals surface area contributed by atoms with Crippen LogP contribution in [0.3, 0.4) is 0 Å². The fraction of sp³-hybridized carbons (Fsp3) is 0.440. The van der Waals surface area contributed by atoms with Crippen LogP contribution in [-0.2, 0) is 22.4 Å². The molecule has 1 aliphatic carbocycles. The molecule has 1 unspecified atom stereocenters. The Morgan fingerprint density at radius 3 is 2.56 bits per heavy atom. The first kappa shape index (κ1) is 22.3. The van der Waals surface area contributed by atoms with Crippen molar-refractivity contribution >= 4 is 23.7 Å². The smallest absolute Gasteiger partial charge is 0.339 e. The summed E-state index contributed by atoms with van der Waals surface area (Å²) in [5.41, 5.74) is 2.01. The summed E-state index contributed by atoms with van der Waals surface area (Å²) in [7, 11) is 0. The molecule has 1 N–H and O–H groups in total. The average Bonchev–Trinajstić information content (AvgIpc) is 3.08. The number of carbonyl (C=O) groups is 3. The van der Waals surface area contributed by atoms with E-state index in [1.807, 2.05) is 24.3 Å². The number of esters is 1. The minimum Gasteiger partial charge on any atom is -0.462 e. The number of hydrogen-bond acceptors (Lipinski definition) is 7. The molecule has 0 saturated carbocycles. The molecule has 2 saturated heterocycles. The second-order valence-electron chi connectivity index (χ2n) is 9.06. The first-order chi connectivity index (χ1) is 16.5. The number of aryl methyl sites for hydroxylation is 1. The molecule has 3 heterocycles. The number of benzene rings is 1. The summed E-state index contributed by atoms with van der Waals surface area (Å²) >= 11 is 0. The third kappa shape index (κ3) is 4.11. The van der Waals surface area contributed by atoms with Crippen molar-refractivity contribution in [3.05, 3.63) is 59.3 Å². The Labute approximate surface area is 198 Å². The lowest BCUT2D eigenvalue weighted by Crippen LogP contribution is -2.53. The molecule has 0 bridgehead atoms. The number of anilines is 1. The number of amides is 3. The number of imide groups is 1. The van der Waals surface area contributed by atoms with Crippen LogP contribution in [0.5, 0.6) is 0 Å². The van der Waals surface area contributed by atoms with Crippen LogP contribution in [-0.4, -0.2) is 77.7 Å². The summed E-state index contributed by atoms with van der Waals surface area (Å²) in [6.45, 7) is 5.22. The third-order valence-corrected chi connectivity index (χ3v) is 6.97. The number of urea groups is 1. The largest absolute Gasteiger partial charge is 0.462 e. The van der Waals surface area contributed by atoms with E-state index in [0.29, 0.717) is 51.2 Å².